The molecule has 1 aliphatic heterocycles. The van der Waals surface area contributed by atoms with Crippen molar-refractivity contribution in [2.24, 2.45) is 5.92 Å². The van der Waals surface area contributed by atoms with E-state index in [1.807, 2.05) is 11.0 Å². The Morgan fingerprint density at radius 2 is 2.10 bits per heavy atom. The highest BCUT2D eigenvalue weighted by atomic mass is 32.2. The summed E-state index contributed by atoms with van der Waals surface area (Å²) in [5.41, 5.74) is 1.39. The molecule has 152 valence electrons. The van der Waals surface area contributed by atoms with Crippen molar-refractivity contribution in [3.05, 3.63) is 59.6 Å². The second-order valence-electron chi connectivity index (χ2n) is 7.55. The van der Waals surface area contributed by atoms with Crippen LogP contribution in [0.3, 0.4) is 0 Å². The van der Waals surface area contributed by atoms with Gasteiger partial charge in [0.2, 0.25) is 5.89 Å². The first-order valence-electron chi connectivity index (χ1n) is 9.82. The summed E-state index contributed by atoms with van der Waals surface area (Å²) >= 11 is 1.28. The molecule has 0 N–H and O–H groups in total. The molecule has 0 bridgehead atoms. The number of benzene rings is 1. The van der Waals surface area contributed by atoms with E-state index in [0.717, 1.165) is 18.4 Å². The third-order valence-electron chi connectivity index (χ3n) is 5.36. The largest absolute Gasteiger partial charge is 0.445 e. The van der Waals surface area contributed by atoms with Crippen molar-refractivity contribution < 1.29 is 18.4 Å². The van der Waals surface area contributed by atoms with E-state index >= 15 is 0 Å². The van der Waals surface area contributed by atoms with E-state index in [9.17, 15) is 14.0 Å². The minimum atomic E-state index is -0.611. The molecule has 2 unspecified atom stereocenters. The maximum atomic E-state index is 14.6. The smallest absolute Gasteiger partial charge is 0.218 e. The van der Waals surface area contributed by atoms with E-state index in [1.165, 1.54) is 24.1 Å². The van der Waals surface area contributed by atoms with Gasteiger partial charge in [-0.25, -0.2) is 9.37 Å². The quantitative estimate of drug-likeness (QED) is 0.703. The Kier molecular flexibility index (Phi) is 5.96. The monoisotopic (exact) mass is 414 g/mol. The fourth-order valence-electron chi connectivity index (χ4n) is 3.86. The van der Waals surface area contributed by atoms with Gasteiger partial charge in [0.1, 0.15) is 12.1 Å². The molecule has 2 atom stereocenters. The molecular weight excluding hydrogens is 391 g/mol. The number of halogens is 1. The van der Waals surface area contributed by atoms with E-state index in [2.05, 4.69) is 4.98 Å². The first kappa shape index (κ1) is 20.0. The first-order valence-corrected chi connectivity index (χ1v) is 10.7. The molecule has 2 heterocycles. The molecule has 2 aromatic rings. The van der Waals surface area contributed by atoms with Crippen molar-refractivity contribution in [2.45, 2.75) is 37.5 Å². The Labute approximate surface area is 173 Å². The summed E-state index contributed by atoms with van der Waals surface area (Å²) in [6, 6.07) is 5.91. The minimum Gasteiger partial charge on any atom is -0.445 e. The van der Waals surface area contributed by atoms with Gasteiger partial charge in [-0.1, -0.05) is 30.0 Å². The third kappa shape index (κ3) is 4.67. The summed E-state index contributed by atoms with van der Waals surface area (Å²) in [5.74, 6) is 0.211. The number of thioether (sulfide) groups is 1. The molecule has 2 aliphatic rings. The molecule has 0 spiro atoms. The molecular formula is C22H23FN2O3S. The lowest BCUT2D eigenvalue weighted by Gasteiger charge is -2.38. The van der Waals surface area contributed by atoms with Gasteiger partial charge in [-0.3, -0.25) is 14.5 Å². The van der Waals surface area contributed by atoms with Crippen molar-refractivity contribution in [1.82, 2.24) is 9.88 Å². The Hall–Kier alpha value is -2.25. The van der Waals surface area contributed by atoms with Crippen LogP contribution in [0.4, 0.5) is 4.39 Å². The van der Waals surface area contributed by atoms with Gasteiger partial charge in [0.25, 0.3) is 0 Å². The number of hydrogen-bond acceptors (Lipinski definition) is 6. The zero-order chi connectivity index (χ0) is 20.4. The molecule has 1 aromatic heterocycles. The molecule has 1 aromatic carbocycles. The van der Waals surface area contributed by atoms with Gasteiger partial charge >= 0.3 is 0 Å². The number of oxazole rings is 1. The number of aromatic nitrogens is 1. The zero-order valence-corrected chi connectivity index (χ0v) is 17.0. The number of piperidine rings is 1. The molecule has 29 heavy (non-hydrogen) atoms. The van der Waals surface area contributed by atoms with E-state index in [1.54, 1.807) is 31.3 Å². The van der Waals surface area contributed by atoms with Crippen molar-refractivity contribution in [1.29, 1.82) is 0 Å². The fraction of sp³-hybridized carbons (Fsp3) is 0.409. The van der Waals surface area contributed by atoms with Crippen LogP contribution in [0.15, 0.2) is 46.7 Å². The lowest BCUT2D eigenvalue weighted by atomic mass is 9.93. The Morgan fingerprint density at radius 3 is 2.76 bits per heavy atom. The molecule has 5 nitrogen and oxygen atoms in total. The van der Waals surface area contributed by atoms with Crippen LogP contribution in [0.25, 0.3) is 6.08 Å². The van der Waals surface area contributed by atoms with Gasteiger partial charge in [-0.2, -0.15) is 0 Å². The normalized spacial score (nSPS) is 22.6. The number of nitrogens with zero attached hydrogens (tertiary/aromatic N) is 2. The van der Waals surface area contributed by atoms with Gasteiger partial charge in [0, 0.05) is 42.8 Å². The predicted octanol–water partition coefficient (Wildman–Crippen LogP) is 4.27. The number of Topliss-reactive ketones (excluding diaryl/α,β-unsaturated/α-hetero) is 1. The van der Waals surface area contributed by atoms with Crippen LogP contribution >= 0.6 is 11.8 Å². The zero-order valence-electron chi connectivity index (χ0n) is 16.2. The van der Waals surface area contributed by atoms with Crippen LogP contribution in [0.1, 0.15) is 43.7 Å². The van der Waals surface area contributed by atoms with E-state index < -0.39 is 6.04 Å². The lowest BCUT2D eigenvalue weighted by molar-refractivity contribution is -0.126. The molecule has 1 saturated heterocycles. The van der Waals surface area contributed by atoms with Crippen molar-refractivity contribution in [3.8, 4) is 0 Å². The van der Waals surface area contributed by atoms with Gasteiger partial charge in [-0.15, -0.1) is 0 Å². The van der Waals surface area contributed by atoms with Crippen LogP contribution in [0, 0.1) is 11.7 Å². The number of ketones is 1. The maximum absolute atomic E-state index is 14.6. The van der Waals surface area contributed by atoms with Crippen molar-refractivity contribution in [3.63, 3.8) is 0 Å². The summed E-state index contributed by atoms with van der Waals surface area (Å²) < 4.78 is 20.0. The minimum absolute atomic E-state index is 0.00653. The highest BCUT2D eigenvalue weighted by Gasteiger charge is 2.41. The molecule has 1 aliphatic carbocycles. The lowest BCUT2D eigenvalue weighted by Crippen LogP contribution is -2.43. The Morgan fingerprint density at radius 1 is 1.31 bits per heavy atom. The third-order valence-corrected chi connectivity index (χ3v) is 6.52. The van der Waals surface area contributed by atoms with Gasteiger partial charge in [0.15, 0.2) is 10.9 Å². The highest BCUT2D eigenvalue weighted by molar-refractivity contribution is 8.14. The van der Waals surface area contributed by atoms with Gasteiger partial charge in [-0.05, 0) is 30.9 Å². The second kappa shape index (κ2) is 8.63. The van der Waals surface area contributed by atoms with E-state index in [4.69, 9.17) is 4.42 Å². The molecule has 1 saturated carbocycles. The molecule has 0 amide bonds. The summed E-state index contributed by atoms with van der Waals surface area (Å²) in [6.45, 7) is 2.63. The maximum Gasteiger partial charge on any atom is 0.218 e. The Balaban J connectivity index is 1.66. The number of likely N-dealkylation sites (tertiary alicyclic amines) is 1. The van der Waals surface area contributed by atoms with Crippen LogP contribution in [-0.4, -0.2) is 39.1 Å². The number of rotatable bonds is 6. The number of hydrogen-bond donors (Lipinski definition) is 0. The predicted molar refractivity (Wildman–Crippen MR) is 110 cm³/mol. The second-order valence-corrected chi connectivity index (χ2v) is 8.93. The topological polar surface area (TPSA) is 63.4 Å². The van der Waals surface area contributed by atoms with E-state index in [-0.39, 0.29) is 27.9 Å². The number of carbonyl (C=O) groups excluding carboxylic acids is 2. The highest BCUT2D eigenvalue weighted by Crippen LogP contribution is 2.40. The van der Waals surface area contributed by atoms with Crippen LogP contribution in [0.2, 0.25) is 0 Å². The summed E-state index contributed by atoms with van der Waals surface area (Å²) in [7, 11) is 0. The van der Waals surface area contributed by atoms with Crippen LogP contribution in [-0.2, 0) is 9.59 Å². The molecule has 2 fully saturated rings. The molecule has 4 rings (SSSR count). The first-order chi connectivity index (χ1) is 14.0. The van der Waals surface area contributed by atoms with Crippen LogP contribution < -0.4 is 0 Å². The average Bonchev–Trinajstić information content (AvgIpc) is 3.42. The summed E-state index contributed by atoms with van der Waals surface area (Å²) in [4.78, 5) is 31.0. The standard InChI is InChI=1S/C22H23FN2O3S/c1-14(26)29-19-8-10-25(13-16(19)12-20-24-9-11-28-20)21(22(27)15-6-7-15)17-4-2-3-5-18(17)23/h2-5,9,11-12,15,19,21H,6-8,10,13H2,1H3/b16-12+. The van der Waals surface area contributed by atoms with Crippen molar-refractivity contribution >= 4 is 28.7 Å². The molecule has 7 heteroatoms. The van der Waals surface area contributed by atoms with Crippen LogP contribution in [0.5, 0.6) is 0 Å². The Bertz CT molecular complexity index is 924. The summed E-state index contributed by atoms with van der Waals surface area (Å²) in [5, 5.41) is 0.0365. The fourth-order valence-corrected chi connectivity index (χ4v) is 4.78. The van der Waals surface area contributed by atoms with Gasteiger partial charge in [0.05, 0.1) is 12.2 Å². The van der Waals surface area contributed by atoms with Gasteiger partial charge < -0.3 is 4.42 Å². The average molecular weight is 415 g/mol. The SMILES string of the molecule is CC(=O)SC1CCN(C(C(=O)C2CC2)c2ccccc2F)C/C1=C\c1ncco1. The molecule has 0 radical (unpaired) electrons. The number of carbonyl (C=O) groups is 2. The van der Waals surface area contributed by atoms with E-state index in [0.29, 0.717) is 31.0 Å². The van der Waals surface area contributed by atoms with Crippen molar-refractivity contribution in [2.75, 3.05) is 13.1 Å². The summed E-state index contributed by atoms with van der Waals surface area (Å²) in [6.07, 6.45) is 7.35.